The molecule has 3 aromatic rings. The molecular formula is C20H18N2O. The Kier molecular flexibility index (Phi) is 4.79. The number of nitrogens with zero attached hydrogens (tertiary/aromatic N) is 1. The van der Waals surface area contributed by atoms with Gasteiger partial charge in [0.2, 0.25) is 5.91 Å². The van der Waals surface area contributed by atoms with E-state index in [1.807, 2.05) is 60.7 Å². The molecule has 0 fully saturated rings. The van der Waals surface area contributed by atoms with Crippen LogP contribution in [0.5, 0.6) is 0 Å². The van der Waals surface area contributed by atoms with Gasteiger partial charge in [0.1, 0.15) is 0 Å². The first kappa shape index (κ1) is 15.0. The van der Waals surface area contributed by atoms with Crippen molar-refractivity contribution in [3.8, 4) is 0 Å². The van der Waals surface area contributed by atoms with Crippen molar-refractivity contribution in [2.24, 2.45) is 5.10 Å². The lowest BCUT2D eigenvalue weighted by Crippen LogP contribution is -2.17. The van der Waals surface area contributed by atoms with E-state index in [-0.39, 0.29) is 5.91 Å². The van der Waals surface area contributed by atoms with E-state index in [1.165, 1.54) is 0 Å². The largest absolute Gasteiger partial charge is 0.273 e. The highest BCUT2D eigenvalue weighted by Gasteiger charge is 2.01. The molecule has 3 rings (SSSR count). The van der Waals surface area contributed by atoms with Gasteiger partial charge in [-0.2, -0.15) is 5.10 Å². The first-order chi connectivity index (χ1) is 11.3. The molecule has 0 heterocycles. The van der Waals surface area contributed by atoms with Gasteiger partial charge in [-0.05, 0) is 22.8 Å². The number of hydrogen-bond donors (Lipinski definition) is 1. The van der Waals surface area contributed by atoms with Gasteiger partial charge in [-0.1, -0.05) is 72.8 Å². The Morgan fingerprint density at radius 1 is 0.913 bits per heavy atom. The van der Waals surface area contributed by atoms with Crippen molar-refractivity contribution in [1.82, 2.24) is 5.43 Å². The van der Waals surface area contributed by atoms with E-state index >= 15 is 0 Å². The Morgan fingerprint density at radius 2 is 1.65 bits per heavy atom. The smallest absolute Gasteiger partial charge is 0.240 e. The van der Waals surface area contributed by atoms with Gasteiger partial charge >= 0.3 is 0 Å². The van der Waals surface area contributed by atoms with Crippen molar-refractivity contribution < 1.29 is 4.79 Å². The highest BCUT2D eigenvalue weighted by molar-refractivity contribution is 5.99. The monoisotopic (exact) mass is 302 g/mol. The van der Waals surface area contributed by atoms with Crippen molar-refractivity contribution in [2.75, 3.05) is 0 Å². The van der Waals surface area contributed by atoms with E-state index in [0.717, 1.165) is 28.3 Å². The molecule has 0 aliphatic heterocycles. The summed E-state index contributed by atoms with van der Waals surface area (Å²) >= 11 is 0. The molecule has 114 valence electrons. The van der Waals surface area contributed by atoms with E-state index < -0.39 is 0 Å². The molecule has 1 N–H and O–H groups in total. The Labute approximate surface area is 135 Å². The fraction of sp³-hybridized carbons (Fsp3) is 0.100. The number of benzene rings is 3. The Bertz CT molecular complexity index is 820. The van der Waals surface area contributed by atoms with Gasteiger partial charge < -0.3 is 0 Å². The first-order valence-corrected chi connectivity index (χ1v) is 7.66. The van der Waals surface area contributed by atoms with Crippen molar-refractivity contribution >= 4 is 22.9 Å². The molecule has 0 atom stereocenters. The number of carbonyl (C=O) groups is 1. The van der Waals surface area contributed by atoms with Crippen molar-refractivity contribution in [3.63, 3.8) is 0 Å². The summed E-state index contributed by atoms with van der Waals surface area (Å²) < 4.78 is 0. The second-order valence-electron chi connectivity index (χ2n) is 5.35. The standard InChI is InChI=1S/C20H18N2O/c23-20(14-13-16-7-2-1-3-8-16)22-21-15-18-11-6-10-17-9-4-5-12-19(17)18/h1-12,15H,13-14H2,(H,22,23). The van der Waals surface area contributed by atoms with Crippen molar-refractivity contribution in [1.29, 1.82) is 0 Å². The molecule has 1 amide bonds. The molecule has 3 nitrogen and oxygen atoms in total. The lowest BCUT2D eigenvalue weighted by atomic mass is 10.1. The van der Waals surface area contributed by atoms with Crippen LogP contribution < -0.4 is 5.43 Å². The third-order valence-corrected chi connectivity index (χ3v) is 3.70. The Balaban J connectivity index is 1.59. The summed E-state index contributed by atoms with van der Waals surface area (Å²) in [6.45, 7) is 0. The molecule has 0 unspecified atom stereocenters. The van der Waals surface area contributed by atoms with Gasteiger partial charge in [0, 0.05) is 12.0 Å². The van der Waals surface area contributed by atoms with Crippen LogP contribution in [0, 0.1) is 0 Å². The van der Waals surface area contributed by atoms with Crippen LogP contribution in [0.25, 0.3) is 10.8 Å². The average Bonchev–Trinajstić information content (AvgIpc) is 2.61. The van der Waals surface area contributed by atoms with Gasteiger partial charge in [-0.25, -0.2) is 5.43 Å². The van der Waals surface area contributed by atoms with Crippen LogP contribution in [0.2, 0.25) is 0 Å². The molecule has 0 aromatic heterocycles. The lowest BCUT2D eigenvalue weighted by Gasteiger charge is -2.02. The van der Waals surface area contributed by atoms with Crippen LogP contribution in [0.3, 0.4) is 0 Å². The summed E-state index contributed by atoms with van der Waals surface area (Å²) in [5.74, 6) is -0.0784. The van der Waals surface area contributed by atoms with Crippen molar-refractivity contribution in [2.45, 2.75) is 12.8 Å². The maximum Gasteiger partial charge on any atom is 0.240 e. The van der Waals surface area contributed by atoms with E-state index in [2.05, 4.69) is 22.7 Å². The van der Waals surface area contributed by atoms with E-state index in [4.69, 9.17) is 0 Å². The third kappa shape index (κ3) is 4.04. The van der Waals surface area contributed by atoms with E-state index in [9.17, 15) is 4.79 Å². The zero-order valence-corrected chi connectivity index (χ0v) is 12.8. The summed E-state index contributed by atoms with van der Waals surface area (Å²) in [6, 6.07) is 24.1. The van der Waals surface area contributed by atoms with E-state index in [1.54, 1.807) is 6.21 Å². The van der Waals surface area contributed by atoms with Crippen LogP contribution in [0.1, 0.15) is 17.5 Å². The fourth-order valence-corrected chi connectivity index (χ4v) is 2.50. The van der Waals surface area contributed by atoms with Gasteiger partial charge in [0.15, 0.2) is 0 Å². The highest BCUT2D eigenvalue weighted by atomic mass is 16.2. The molecule has 0 bridgehead atoms. The maximum absolute atomic E-state index is 11.8. The normalized spacial score (nSPS) is 11.0. The number of carbonyl (C=O) groups excluding carboxylic acids is 1. The third-order valence-electron chi connectivity index (χ3n) is 3.70. The molecule has 23 heavy (non-hydrogen) atoms. The van der Waals surface area contributed by atoms with Gasteiger partial charge in [-0.3, -0.25) is 4.79 Å². The van der Waals surface area contributed by atoms with Crippen LogP contribution in [-0.2, 0) is 11.2 Å². The number of hydrogen-bond acceptors (Lipinski definition) is 2. The topological polar surface area (TPSA) is 41.5 Å². The second kappa shape index (κ2) is 7.36. The number of nitrogens with one attached hydrogen (secondary N) is 1. The maximum atomic E-state index is 11.8. The number of fused-ring (bicyclic) bond motifs is 1. The quantitative estimate of drug-likeness (QED) is 0.563. The SMILES string of the molecule is O=C(CCc1ccccc1)NN=Cc1cccc2ccccc12. The average molecular weight is 302 g/mol. The zero-order chi connectivity index (χ0) is 15.9. The van der Waals surface area contributed by atoms with Crippen LogP contribution in [0.4, 0.5) is 0 Å². The van der Waals surface area contributed by atoms with Crippen molar-refractivity contribution in [3.05, 3.63) is 83.9 Å². The predicted octanol–water partition coefficient (Wildman–Crippen LogP) is 3.92. The van der Waals surface area contributed by atoms with E-state index in [0.29, 0.717) is 6.42 Å². The van der Waals surface area contributed by atoms with Crippen LogP contribution in [0.15, 0.2) is 77.9 Å². The zero-order valence-electron chi connectivity index (χ0n) is 12.8. The minimum Gasteiger partial charge on any atom is -0.273 e. The number of aryl methyl sites for hydroxylation is 1. The number of hydrazone groups is 1. The molecule has 0 aliphatic carbocycles. The molecule has 3 heteroatoms. The Hall–Kier alpha value is -2.94. The lowest BCUT2D eigenvalue weighted by molar-refractivity contribution is -0.121. The summed E-state index contributed by atoms with van der Waals surface area (Å²) in [5.41, 5.74) is 4.74. The summed E-state index contributed by atoms with van der Waals surface area (Å²) in [7, 11) is 0. The Morgan fingerprint density at radius 3 is 2.52 bits per heavy atom. The second-order valence-corrected chi connectivity index (χ2v) is 5.35. The van der Waals surface area contributed by atoms with Gasteiger partial charge in [-0.15, -0.1) is 0 Å². The van der Waals surface area contributed by atoms with Crippen LogP contribution in [-0.4, -0.2) is 12.1 Å². The molecular weight excluding hydrogens is 284 g/mol. The summed E-state index contributed by atoms with van der Waals surface area (Å²) in [4.78, 5) is 11.8. The molecule has 0 saturated heterocycles. The highest BCUT2D eigenvalue weighted by Crippen LogP contribution is 2.16. The van der Waals surface area contributed by atoms with Gasteiger partial charge in [0.25, 0.3) is 0 Å². The summed E-state index contributed by atoms with van der Waals surface area (Å²) in [6.07, 6.45) is 2.84. The minimum atomic E-state index is -0.0784. The van der Waals surface area contributed by atoms with Gasteiger partial charge in [0.05, 0.1) is 6.21 Å². The minimum absolute atomic E-state index is 0.0784. The van der Waals surface area contributed by atoms with Crippen LogP contribution >= 0.6 is 0 Å². The number of rotatable bonds is 5. The predicted molar refractivity (Wildman–Crippen MR) is 94.4 cm³/mol. The molecule has 0 saturated carbocycles. The molecule has 3 aromatic carbocycles. The summed E-state index contributed by atoms with van der Waals surface area (Å²) in [5, 5.41) is 6.36. The molecule has 0 aliphatic rings. The number of amides is 1. The molecule has 0 radical (unpaired) electrons. The fourth-order valence-electron chi connectivity index (χ4n) is 2.50. The first-order valence-electron chi connectivity index (χ1n) is 7.66. The molecule has 0 spiro atoms.